The minimum atomic E-state index is -0.135. The molecule has 1 saturated heterocycles. The molecule has 1 amide bonds. The van der Waals surface area contributed by atoms with Gasteiger partial charge in [-0.1, -0.05) is 23.2 Å². The van der Waals surface area contributed by atoms with Gasteiger partial charge in [-0.25, -0.2) is 0 Å². The van der Waals surface area contributed by atoms with Gasteiger partial charge in [0.05, 0.1) is 47.7 Å². The lowest BCUT2D eigenvalue weighted by atomic mass is 10.1. The van der Waals surface area contributed by atoms with E-state index in [4.69, 9.17) is 32.7 Å². The molecule has 2 heterocycles. The number of methoxy groups -OCH3 is 1. The van der Waals surface area contributed by atoms with Gasteiger partial charge in [-0.2, -0.15) is 5.26 Å². The molecular formula is C22H18Cl2N4O3. The van der Waals surface area contributed by atoms with Crippen LogP contribution < -0.4 is 14.8 Å². The number of ether oxygens (including phenoxy) is 2. The highest BCUT2D eigenvalue weighted by Crippen LogP contribution is 2.39. The molecule has 0 unspecified atom stereocenters. The minimum Gasteiger partial charge on any atom is -0.493 e. The highest BCUT2D eigenvalue weighted by molar-refractivity contribution is 6.36. The van der Waals surface area contributed by atoms with Crippen LogP contribution in [0.3, 0.4) is 0 Å². The van der Waals surface area contributed by atoms with Gasteiger partial charge in [0.15, 0.2) is 11.5 Å². The van der Waals surface area contributed by atoms with Crippen LogP contribution >= 0.6 is 23.2 Å². The molecule has 3 aromatic rings. The number of likely N-dealkylation sites (tertiary alicyclic amines) is 1. The fraction of sp³-hybridized carbons (Fsp3) is 0.227. The first-order valence-electron chi connectivity index (χ1n) is 9.44. The van der Waals surface area contributed by atoms with Gasteiger partial charge in [0.2, 0.25) is 5.91 Å². The monoisotopic (exact) mass is 456 g/mol. The van der Waals surface area contributed by atoms with Crippen molar-refractivity contribution in [1.82, 2.24) is 9.88 Å². The van der Waals surface area contributed by atoms with Crippen LogP contribution in [0, 0.1) is 11.3 Å². The van der Waals surface area contributed by atoms with Crippen molar-refractivity contribution in [3.05, 3.63) is 52.1 Å². The summed E-state index contributed by atoms with van der Waals surface area (Å²) in [7, 11) is 1.55. The number of nitrogens with one attached hydrogen (secondary N) is 1. The Hall–Kier alpha value is -3.21. The number of amides is 1. The molecule has 0 spiro atoms. The second-order valence-electron chi connectivity index (χ2n) is 7.09. The number of rotatable bonds is 5. The maximum absolute atomic E-state index is 11.4. The number of fused-ring (bicyclic) bond motifs is 1. The molecule has 1 aromatic heterocycles. The van der Waals surface area contributed by atoms with Crippen LogP contribution in [0.1, 0.15) is 12.5 Å². The molecule has 1 aliphatic heterocycles. The predicted molar refractivity (Wildman–Crippen MR) is 119 cm³/mol. The van der Waals surface area contributed by atoms with Gasteiger partial charge >= 0.3 is 0 Å². The zero-order valence-electron chi connectivity index (χ0n) is 16.8. The van der Waals surface area contributed by atoms with Gasteiger partial charge in [0.1, 0.15) is 12.2 Å². The summed E-state index contributed by atoms with van der Waals surface area (Å²) < 4.78 is 11.6. The molecule has 1 aliphatic rings. The number of benzene rings is 2. The van der Waals surface area contributed by atoms with Gasteiger partial charge < -0.3 is 19.7 Å². The molecule has 1 fully saturated rings. The fourth-order valence-electron chi connectivity index (χ4n) is 3.35. The topological polar surface area (TPSA) is 87.5 Å². The highest BCUT2D eigenvalue weighted by atomic mass is 35.5. The van der Waals surface area contributed by atoms with E-state index in [9.17, 15) is 10.1 Å². The standard InChI is InChI=1S/C22H18Cl2N4O3/c1-12(29)28-10-15(11-28)31-21-6-16-19(7-20(21)30-2)26-9-13(8-25)22(16)27-18-4-3-14(23)5-17(18)24/h3-7,9,15H,10-11H2,1-2H3,(H,26,27). The second kappa shape index (κ2) is 8.50. The third kappa shape index (κ3) is 4.18. The van der Waals surface area contributed by atoms with Crippen molar-refractivity contribution in [1.29, 1.82) is 5.26 Å². The lowest BCUT2D eigenvalue weighted by Gasteiger charge is -2.38. The van der Waals surface area contributed by atoms with Crippen molar-refractivity contribution in [2.75, 3.05) is 25.5 Å². The Labute approximate surface area is 189 Å². The van der Waals surface area contributed by atoms with E-state index in [0.29, 0.717) is 62.5 Å². The number of hydrogen-bond acceptors (Lipinski definition) is 6. The molecule has 0 aliphatic carbocycles. The molecule has 7 nitrogen and oxygen atoms in total. The first kappa shape index (κ1) is 21.0. The zero-order valence-corrected chi connectivity index (χ0v) is 18.3. The van der Waals surface area contributed by atoms with Crippen LogP contribution in [0.15, 0.2) is 36.5 Å². The van der Waals surface area contributed by atoms with E-state index in [0.717, 1.165) is 0 Å². The number of hydrogen-bond donors (Lipinski definition) is 1. The van der Waals surface area contributed by atoms with E-state index in [-0.39, 0.29) is 12.0 Å². The van der Waals surface area contributed by atoms with Crippen molar-refractivity contribution >= 4 is 51.4 Å². The van der Waals surface area contributed by atoms with Gasteiger partial charge in [0, 0.05) is 29.6 Å². The van der Waals surface area contributed by atoms with E-state index >= 15 is 0 Å². The summed E-state index contributed by atoms with van der Waals surface area (Å²) >= 11 is 12.3. The molecule has 1 N–H and O–H groups in total. The van der Waals surface area contributed by atoms with Crippen LogP contribution in [-0.2, 0) is 4.79 Å². The molecule has 0 radical (unpaired) electrons. The molecule has 2 aromatic carbocycles. The Morgan fingerprint density at radius 3 is 2.68 bits per heavy atom. The summed E-state index contributed by atoms with van der Waals surface area (Å²) in [6.45, 7) is 2.55. The van der Waals surface area contributed by atoms with E-state index < -0.39 is 0 Å². The van der Waals surface area contributed by atoms with Crippen LogP contribution in [-0.4, -0.2) is 42.1 Å². The summed E-state index contributed by atoms with van der Waals surface area (Å²) in [5.74, 6) is 1.03. The van der Waals surface area contributed by atoms with Crippen molar-refractivity contribution in [2.45, 2.75) is 13.0 Å². The Morgan fingerprint density at radius 1 is 1.26 bits per heavy atom. The molecule has 158 valence electrons. The van der Waals surface area contributed by atoms with Crippen LogP contribution in [0.25, 0.3) is 10.9 Å². The molecule has 0 saturated carbocycles. The largest absolute Gasteiger partial charge is 0.493 e. The minimum absolute atomic E-state index is 0.0134. The van der Waals surface area contributed by atoms with E-state index in [2.05, 4.69) is 16.4 Å². The molecular weight excluding hydrogens is 439 g/mol. The lowest BCUT2D eigenvalue weighted by Crippen LogP contribution is -2.55. The summed E-state index contributed by atoms with van der Waals surface area (Å²) in [5, 5.41) is 14.5. The molecule has 0 atom stereocenters. The second-order valence-corrected chi connectivity index (χ2v) is 7.94. The average Bonchev–Trinajstić information content (AvgIpc) is 2.71. The quantitative estimate of drug-likeness (QED) is 0.594. The number of nitriles is 1. The van der Waals surface area contributed by atoms with Crippen molar-refractivity contribution in [3.63, 3.8) is 0 Å². The van der Waals surface area contributed by atoms with E-state index in [1.54, 1.807) is 42.3 Å². The summed E-state index contributed by atoms with van der Waals surface area (Å²) in [4.78, 5) is 17.5. The van der Waals surface area contributed by atoms with Gasteiger partial charge in [0.25, 0.3) is 0 Å². The Morgan fingerprint density at radius 2 is 2.03 bits per heavy atom. The number of pyridine rings is 1. The smallest absolute Gasteiger partial charge is 0.219 e. The molecule has 4 rings (SSSR count). The van der Waals surface area contributed by atoms with Crippen LogP contribution in [0.4, 0.5) is 11.4 Å². The Bertz CT molecular complexity index is 1220. The molecule has 0 bridgehead atoms. The first-order chi connectivity index (χ1) is 14.9. The van der Waals surface area contributed by atoms with Gasteiger partial charge in [-0.3, -0.25) is 9.78 Å². The number of anilines is 2. The van der Waals surface area contributed by atoms with E-state index in [1.165, 1.54) is 13.1 Å². The number of carbonyl (C=O) groups excluding carboxylic acids is 1. The number of nitrogens with zero attached hydrogens (tertiary/aromatic N) is 3. The SMILES string of the molecule is COc1cc2ncc(C#N)c(Nc3ccc(Cl)cc3Cl)c2cc1OC1CN(C(C)=O)C1. The third-order valence-corrected chi connectivity index (χ3v) is 5.60. The third-order valence-electron chi connectivity index (χ3n) is 5.05. The summed E-state index contributed by atoms with van der Waals surface area (Å²) in [6.07, 6.45) is 1.36. The number of carbonyl (C=O) groups is 1. The maximum Gasteiger partial charge on any atom is 0.219 e. The summed E-state index contributed by atoms with van der Waals surface area (Å²) in [6, 6.07) is 10.8. The highest BCUT2D eigenvalue weighted by Gasteiger charge is 2.31. The maximum atomic E-state index is 11.4. The molecule has 31 heavy (non-hydrogen) atoms. The Balaban J connectivity index is 1.75. The van der Waals surface area contributed by atoms with Gasteiger partial charge in [-0.15, -0.1) is 0 Å². The van der Waals surface area contributed by atoms with Crippen LogP contribution in [0.2, 0.25) is 10.0 Å². The van der Waals surface area contributed by atoms with E-state index in [1.807, 2.05) is 0 Å². The van der Waals surface area contributed by atoms with Crippen molar-refractivity contribution in [3.8, 4) is 17.6 Å². The number of aromatic nitrogens is 1. The predicted octanol–water partition coefficient (Wildman–Crippen LogP) is 4.77. The van der Waals surface area contributed by atoms with Crippen molar-refractivity contribution < 1.29 is 14.3 Å². The normalized spacial score (nSPS) is 13.5. The Kier molecular flexibility index (Phi) is 5.77. The average molecular weight is 457 g/mol. The van der Waals surface area contributed by atoms with Crippen LogP contribution in [0.5, 0.6) is 11.5 Å². The first-order valence-corrected chi connectivity index (χ1v) is 10.2. The number of halogens is 2. The molecule has 9 heteroatoms. The fourth-order valence-corrected chi connectivity index (χ4v) is 3.80. The lowest BCUT2D eigenvalue weighted by molar-refractivity contribution is -0.137. The van der Waals surface area contributed by atoms with Crippen molar-refractivity contribution in [2.24, 2.45) is 0 Å². The zero-order chi connectivity index (χ0) is 22.1. The van der Waals surface area contributed by atoms with Gasteiger partial charge in [-0.05, 0) is 24.3 Å². The summed E-state index contributed by atoms with van der Waals surface area (Å²) in [5.41, 5.74) is 2.11.